The predicted molar refractivity (Wildman–Crippen MR) is 84.0 cm³/mol. The van der Waals surface area contributed by atoms with Crippen LogP contribution in [0.4, 0.5) is 5.69 Å². The van der Waals surface area contributed by atoms with Gasteiger partial charge >= 0.3 is 0 Å². The number of hydrogen-bond donors (Lipinski definition) is 1. The molecule has 0 atom stereocenters. The van der Waals surface area contributed by atoms with E-state index in [4.69, 9.17) is 0 Å². The molecule has 0 aromatic heterocycles. The molecule has 0 aliphatic heterocycles. The molecule has 0 saturated carbocycles. The van der Waals surface area contributed by atoms with Crippen molar-refractivity contribution in [2.45, 2.75) is 34.1 Å². The number of benzene rings is 1. The standard InChI is InChI=1S/C11H17N.C6H10/c1-10(2)8-9-12-11-6-4-3-5-7-11;1-4-5-6(2)3/h3-7,10,12H,8-9H2,1-2H3;4-5H,1H2,2-3H3. The molecular formula is C17H27N. The highest BCUT2D eigenvalue weighted by molar-refractivity contribution is 5.42. The molecule has 1 nitrogen and oxygen atoms in total. The van der Waals surface area contributed by atoms with E-state index >= 15 is 0 Å². The monoisotopic (exact) mass is 245 g/mol. The van der Waals surface area contributed by atoms with E-state index in [1.165, 1.54) is 17.7 Å². The second-order valence-corrected chi connectivity index (χ2v) is 4.96. The summed E-state index contributed by atoms with van der Waals surface area (Å²) in [7, 11) is 0. The van der Waals surface area contributed by atoms with Crippen molar-refractivity contribution in [3.05, 3.63) is 54.6 Å². The predicted octanol–water partition coefficient (Wildman–Crippen LogP) is 5.28. The van der Waals surface area contributed by atoms with E-state index in [2.05, 4.69) is 50.0 Å². The highest BCUT2D eigenvalue weighted by Gasteiger charge is 1.92. The van der Waals surface area contributed by atoms with Gasteiger partial charge in [-0.25, -0.2) is 0 Å². The van der Waals surface area contributed by atoms with Crippen LogP contribution in [0.15, 0.2) is 54.6 Å². The van der Waals surface area contributed by atoms with E-state index in [9.17, 15) is 0 Å². The molecule has 0 saturated heterocycles. The molecule has 1 aromatic rings. The number of hydrogen-bond acceptors (Lipinski definition) is 1. The number of nitrogens with one attached hydrogen (secondary N) is 1. The summed E-state index contributed by atoms with van der Waals surface area (Å²) in [6.07, 6.45) is 4.99. The number of para-hydroxylation sites is 1. The van der Waals surface area contributed by atoms with E-state index in [-0.39, 0.29) is 0 Å². The molecule has 100 valence electrons. The fourth-order valence-corrected chi connectivity index (χ4v) is 1.30. The number of anilines is 1. The summed E-state index contributed by atoms with van der Waals surface area (Å²) in [6.45, 7) is 13.2. The zero-order valence-electron chi connectivity index (χ0n) is 12.2. The van der Waals surface area contributed by atoms with Crippen LogP contribution in [0.5, 0.6) is 0 Å². The van der Waals surface area contributed by atoms with Gasteiger partial charge < -0.3 is 5.32 Å². The number of allylic oxidation sites excluding steroid dienone is 3. The fourth-order valence-electron chi connectivity index (χ4n) is 1.30. The van der Waals surface area contributed by atoms with Crippen LogP contribution in [0.25, 0.3) is 0 Å². The van der Waals surface area contributed by atoms with Gasteiger partial charge in [-0.15, -0.1) is 0 Å². The van der Waals surface area contributed by atoms with Gasteiger partial charge in [0.25, 0.3) is 0 Å². The molecule has 0 unspecified atom stereocenters. The molecule has 0 amide bonds. The van der Waals surface area contributed by atoms with Gasteiger partial charge in [0, 0.05) is 12.2 Å². The second kappa shape index (κ2) is 10.6. The Hall–Kier alpha value is -1.50. The smallest absolute Gasteiger partial charge is 0.0340 e. The van der Waals surface area contributed by atoms with Crippen molar-refractivity contribution in [3.8, 4) is 0 Å². The van der Waals surface area contributed by atoms with Crippen LogP contribution < -0.4 is 5.32 Å². The van der Waals surface area contributed by atoms with Crippen LogP contribution in [0.1, 0.15) is 34.1 Å². The minimum Gasteiger partial charge on any atom is -0.385 e. The van der Waals surface area contributed by atoms with Crippen molar-refractivity contribution < 1.29 is 0 Å². The molecule has 0 heterocycles. The lowest BCUT2D eigenvalue weighted by molar-refractivity contribution is 0.607. The minimum absolute atomic E-state index is 0.779. The Kier molecular flexibility index (Phi) is 9.75. The summed E-state index contributed by atoms with van der Waals surface area (Å²) in [5, 5.41) is 3.38. The van der Waals surface area contributed by atoms with Crippen LogP contribution in [-0.2, 0) is 0 Å². The summed E-state index contributed by atoms with van der Waals surface area (Å²) in [5.41, 5.74) is 2.52. The molecule has 1 N–H and O–H groups in total. The summed E-state index contributed by atoms with van der Waals surface area (Å²) >= 11 is 0. The molecule has 0 radical (unpaired) electrons. The highest BCUT2D eigenvalue weighted by Crippen LogP contribution is 2.06. The first kappa shape index (κ1) is 16.5. The summed E-state index contributed by atoms with van der Waals surface area (Å²) in [4.78, 5) is 0. The lowest BCUT2D eigenvalue weighted by Crippen LogP contribution is -2.04. The molecule has 1 heteroatoms. The van der Waals surface area contributed by atoms with E-state index in [1.807, 2.05) is 26.0 Å². The molecular weight excluding hydrogens is 218 g/mol. The Labute approximate surface area is 113 Å². The largest absolute Gasteiger partial charge is 0.385 e. The van der Waals surface area contributed by atoms with Crippen molar-refractivity contribution in [2.75, 3.05) is 11.9 Å². The Morgan fingerprint density at radius 3 is 2.22 bits per heavy atom. The zero-order valence-corrected chi connectivity index (χ0v) is 12.2. The van der Waals surface area contributed by atoms with Crippen molar-refractivity contribution in [2.24, 2.45) is 5.92 Å². The SMILES string of the molecule is C=CC=C(C)C.CC(C)CCNc1ccccc1. The van der Waals surface area contributed by atoms with E-state index in [1.54, 1.807) is 6.08 Å². The highest BCUT2D eigenvalue weighted by atomic mass is 14.9. The molecule has 0 spiro atoms. The van der Waals surface area contributed by atoms with Crippen LogP contribution in [-0.4, -0.2) is 6.54 Å². The third-order valence-electron chi connectivity index (χ3n) is 2.28. The van der Waals surface area contributed by atoms with Gasteiger partial charge in [-0.05, 0) is 38.3 Å². The zero-order chi connectivity index (χ0) is 13.8. The average Bonchev–Trinajstić information content (AvgIpc) is 2.30. The molecule has 1 aromatic carbocycles. The number of rotatable bonds is 5. The third kappa shape index (κ3) is 11.0. The fraction of sp³-hybridized carbons (Fsp3) is 0.412. The van der Waals surface area contributed by atoms with Crippen LogP contribution in [0, 0.1) is 5.92 Å². The molecule has 0 fully saturated rings. The first-order valence-electron chi connectivity index (χ1n) is 6.61. The molecule has 18 heavy (non-hydrogen) atoms. The van der Waals surface area contributed by atoms with Gasteiger partial charge in [0.05, 0.1) is 0 Å². The van der Waals surface area contributed by atoms with Crippen molar-refractivity contribution >= 4 is 5.69 Å². The van der Waals surface area contributed by atoms with Gasteiger partial charge in [-0.1, -0.05) is 56.4 Å². The maximum atomic E-state index is 3.52. The quantitative estimate of drug-likeness (QED) is 0.696. The van der Waals surface area contributed by atoms with E-state index < -0.39 is 0 Å². The van der Waals surface area contributed by atoms with Gasteiger partial charge in [0.1, 0.15) is 0 Å². The normalized spacial score (nSPS) is 9.17. The molecule has 1 rings (SSSR count). The first-order valence-corrected chi connectivity index (χ1v) is 6.61. The maximum Gasteiger partial charge on any atom is 0.0340 e. The van der Waals surface area contributed by atoms with Crippen molar-refractivity contribution in [3.63, 3.8) is 0 Å². The maximum absolute atomic E-state index is 3.52. The minimum atomic E-state index is 0.779. The molecule has 0 aliphatic rings. The Morgan fingerprint density at radius 1 is 1.22 bits per heavy atom. The van der Waals surface area contributed by atoms with E-state index in [0.29, 0.717) is 0 Å². The van der Waals surface area contributed by atoms with Crippen LogP contribution in [0.3, 0.4) is 0 Å². The lowest BCUT2D eigenvalue weighted by Gasteiger charge is -2.07. The van der Waals surface area contributed by atoms with Gasteiger partial charge in [0.2, 0.25) is 0 Å². The summed E-state index contributed by atoms with van der Waals surface area (Å²) in [5.74, 6) is 0.779. The Bertz CT molecular complexity index is 332. The van der Waals surface area contributed by atoms with Gasteiger partial charge in [-0.3, -0.25) is 0 Å². The van der Waals surface area contributed by atoms with Gasteiger partial charge in [-0.2, -0.15) is 0 Å². The average molecular weight is 245 g/mol. The summed E-state index contributed by atoms with van der Waals surface area (Å²) in [6, 6.07) is 10.3. The summed E-state index contributed by atoms with van der Waals surface area (Å²) < 4.78 is 0. The topological polar surface area (TPSA) is 12.0 Å². The van der Waals surface area contributed by atoms with Crippen molar-refractivity contribution in [1.29, 1.82) is 0 Å². The third-order valence-corrected chi connectivity index (χ3v) is 2.28. The van der Waals surface area contributed by atoms with Crippen molar-refractivity contribution in [1.82, 2.24) is 0 Å². The lowest BCUT2D eigenvalue weighted by atomic mass is 10.1. The van der Waals surface area contributed by atoms with Crippen LogP contribution >= 0.6 is 0 Å². The van der Waals surface area contributed by atoms with E-state index in [0.717, 1.165) is 12.5 Å². The molecule has 0 aliphatic carbocycles. The Balaban J connectivity index is 0.000000411. The first-order chi connectivity index (χ1) is 8.56. The van der Waals surface area contributed by atoms with Gasteiger partial charge in [0.15, 0.2) is 0 Å². The molecule has 0 bridgehead atoms. The van der Waals surface area contributed by atoms with Crippen LogP contribution in [0.2, 0.25) is 0 Å². The second-order valence-electron chi connectivity index (χ2n) is 4.96. The Morgan fingerprint density at radius 2 is 1.83 bits per heavy atom.